The van der Waals surface area contributed by atoms with Gasteiger partial charge in [0, 0.05) is 6.04 Å². The Morgan fingerprint density at radius 1 is 1.43 bits per heavy atom. The fourth-order valence-corrected chi connectivity index (χ4v) is 1.17. The van der Waals surface area contributed by atoms with E-state index in [1.54, 1.807) is 0 Å². The normalized spacial score (nSPS) is 13.8. The van der Waals surface area contributed by atoms with Crippen LogP contribution in [-0.2, 0) is 4.79 Å². The first kappa shape index (κ1) is 13.4. The molecule has 0 bridgehead atoms. The Morgan fingerprint density at radius 3 is 2.43 bits per heavy atom. The molecule has 0 aromatic heterocycles. The molecule has 0 aliphatic carbocycles. The summed E-state index contributed by atoms with van der Waals surface area (Å²) in [5.41, 5.74) is -1.26. The van der Waals surface area contributed by atoms with Gasteiger partial charge in [0.1, 0.15) is 5.60 Å². The van der Waals surface area contributed by atoms with Gasteiger partial charge in [0.05, 0.1) is 0 Å². The van der Waals surface area contributed by atoms with Gasteiger partial charge in [0.25, 0.3) is 5.91 Å². The summed E-state index contributed by atoms with van der Waals surface area (Å²) in [5, 5.41) is 12.2. The summed E-state index contributed by atoms with van der Waals surface area (Å²) in [6, 6.07) is 0.153. The molecule has 3 nitrogen and oxygen atoms in total. The molecule has 0 fully saturated rings. The Balaban J connectivity index is 3.72. The highest BCUT2D eigenvalue weighted by Crippen LogP contribution is 2.05. The first-order valence-electron chi connectivity index (χ1n) is 5.41. The van der Waals surface area contributed by atoms with Crippen LogP contribution in [0, 0.1) is 0 Å². The van der Waals surface area contributed by atoms with E-state index in [1.165, 1.54) is 26.7 Å². The lowest BCUT2D eigenvalue weighted by Crippen LogP contribution is -2.45. The van der Waals surface area contributed by atoms with Crippen LogP contribution in [0.4, 0.5) is 0 Å². The minimum absolute atomic E-state index is 0.153. The molecule has 0 rings (SSSR count). The van der Waals surface area contributed by atoms with E-state index in [4.69, 9.17) is 0 Å². The Morgan fingerprint density at radius 2 is 2.00 bits per heavy atom. The van der Waals surface area contributed by atoms with E-state index in [0.717, 1.165) is 12.8 Å². The number of hydrogen-bond acceptors (Lipinski definition) is 2. The van der Waals surface area contributed by atoms with Crippen LogP contribution >= 0.6 is 0 Å². The van der Waals surface area contributed by atoms with Gasteiger partial charge >= 0.3 is 0 Å². The Bertz CT molecular complexity index is 173. The molecule has 14 heavy (non-hydrogen) atoms. The molecular formula is C11H23NO2. The molecule has 0 saturated carbocycles. The molecule has 0 aliphatic rings. The fourth-order valence-electron chi connectivity index (χ4n) is 1.17. The smallest absolute Gasteiger partial charge is 0.251 e. The largest absolute Gasteiger partial charge is 0.381 e. The number of hydrogen-bond donors (Lipinski definition) is 2. The average Bonchev–Trinajstić information content (AvgIpc) is 2.03. The highest BCUT2D eigenvalue weighted by molar-refractivity contribution is 5.84. The molecule has 0 spiro atoms. The number of carbonyl (C=O) groups is 1. The summed E-state index contributed by atoms with van der Waals surface area (Å²) in [6.07, 6.45) is 4.49. The molecule has 1 unspecified atom stereocenters. The van der Waals surface area contributed by atoms with Crippen LogP contribution < -0.4 is 5.32 Å². The van der Waals surface area contributed by atoms with Crippen molar-refractivity contribution in [3.05, 3.63) is 0 Å². The van der Waals surface area contributed by atoms with Gasteiger partial charge in [-0.2, -0.15) is 0 Å². The SMILES string of the molecule is CCCCCC(C)NC(=O)C(C)(C)O. The summed E-state index contributed by atoms with van der Waals surface area (Å²) in [4.78, 5) is 11.3. The van der Waals surface area contributed by atoms with Crippen molar-refractivity contribution in [1.82, 2.24) is 5.32 Å². The minimum atomic E-state index is -1.26. The molecule has 84 valence electrons. The summed E-state index contributed by atoms with van der Waals surface area (Å²) in [7, 11) is 0. The van der Waals surface area contributed by atoms with Crippen molar-refractivity contribution in [2.45, 2.75) is 65.0 Å². The molecule has 0 aliphatic heterocycles. The number of amides is 1. The van der Waals surface area contributed by atoms with Crippen molar-refractivity contribution in [3.63, 3.8) is 0 Å². The average molecular weight is 201 g/mol. The molecule has 2 N–H and O–H groups in total. The van der Waals surface area contributed by atoms with E-state index in [1.807, 2.05) is 6.92 Å². The monoisotopic (exact) mass is 201 g/mol. The molecule has 0 aromatic carbocycles. The predicted molar refractivity (Wildman–Crippen MR) is 58.0 cm³/mol. The van der Waals surface area contributed by atoms with E-state index in [0.29, 0.717) is 0 Å². The second-order valence-corrected chi connectivity index (χ2v) is 4.43. The lowest BCUT2D eigenvalue weighted by molar-refractivity contribution is -0.137. The summed E-state index contributed by atoms with van der Waals surface area (Å²) in [5.74, 6) is -0.290. The predicted octanol–water partition coefficient (Wildman–Crippen LogP) is 1.84. The second kappa shape index (κ2) is 6.02. The lowest BCUT2D eigenvalue weighted by Gasteiger charge is -2.20. The number of carbonyl (C=O) groups excluding carboxylic acids is 1. The Hall–Kier alpha value is -0.570. The van der Waals surface area contributed by atoms with Crippen molar-refractivity contribution in [2.24, 2.45) is 0 Å². The van der Waals surface area contributed by atoms with Crippen molar-refractivity contribution >= 4 is 5.91 Å². The maximum absolute atomic E-state index is 11.3. The van der Waals surface area contributed by atoms with Crippen LogP contribution in [0.1, 0.15) is 53.4 Å². The van der Waals surface area contributed by atoms with Crippen LogP contribution in [0.15, 0.2) is 0 Å². The van der Waals surface area contributed by atoms with E-state index >= 15 is 0 Å². The number of unbranched alkanes of at least 4 members (excludes halogenated alkanes) is 2. The second-order valence-electron chi connectivity index (χ2n) is 4.43. The fraction of sp³-hybridized carbons (Fsp3) is 0.909. The first-order valence-corrected chi connectivity index (χ1v) is 5.41. The Kier molecular flexibility index (Phi) is 5.77. The quantitative estimate of drug-likeness (QED) is 0.644. The van der Waals surface area contributed by atoms with E-state index in [9.17, 15) is 9.90 Å². The topological polar surface area (TPSA) is 49.3 Å². The number of rotatable bonds is 6. The molecular weight excluding hydrogens is 178 g/mol. The van der Waals surface area contributed by atoms with E-state index in [2.05, 4.69) is 12.2 Å². The molecule has 0 radical (unpaired) electrons. The number of aliphatic hydroxyl groups is 1. The van der Waals surface area contributed by atoms with Gasteiger partial charge in [-0.15, -0.1) is 0 Å². The van der Waals surface area contributed by atoms with Gasteiger partial charge in [-0.1, -0.05) is 26.2 Å². The molecule has 0 aromatic rings. The van der Waals surface area contributed by atoms with Crippen LogP contribution in [0.5, 0.6) is 0 Å². The summed E-state index contributed by atoms with van der Waals surface area (Å²) in [6.45, 7) is 7.13. The summed E-state index contributed by atoms with van der Waals surface area (Å²) < 4.78 is 0. The van der Waals surface area contributed by atoms with Crippen molar-refractivity contribution in [1.29, 1.82) is 0 Å². The summed E-state index contributed by atoms with van der Waals surface area (Å²) >= 11 is 0. The maximum Gasteiger partial charge on any atom is 0.251 e. The van der Waals surface area contributed by atoms with Crippen molar-refractivity contribution in [3.8, 4) is 0 Å². The van der Waals surface area contributed by atoms with Gasteiger partial charge in [-0.05, 0) is 27.2 Å². The zero-order chi connectivity index (χ0) is 11.2. The van der Waals surface area contributed by atoms with Crippen molar-refractivity contribution in [2.75, 3.05) is 0 Å². The lowest BCUT2D eigenvalue weighted by atomic mass is 10.1. The third-order valence-electron chi connectivity index (χ3n) is 2.17. The zero-order valence-corrected chi connectivity index (χ0v) is 9.76. The van der Waals surface area contributed by atoms with Gasteiger partial charge in [-0.3, -0.25) is 4.79 Å². The van der Waals surface area contributed by atoms with E-state index < -0.39 is 5.60 Å². The Labute approximate surface area is 86.9 Å². The van der Waals surface area contributed by atoms with E-state index in [-0.39, 0.29) is 11.9 Å². The third kappa shape index (κ3) is 5.97. The maximum atomic E-state index is 11.3. The standard InChI is InChI=1S/C11H23NO2/c1-5-6-7-8-9(2)12-10(13)11(3,4)14/h9,14H,5-8H2,1-4H3,(H,12,13). The zero-order valence-electron chi connectivity index (χ0n) is 9.76. The number of nitrogens with one attached hydrogen (secondary N) is 1. The van der Waals surface area contributed by atoms with Crippen LogP contribution in [-0.4, -0.2) is 22.7 Å². The molecule has 3 heteroatoms. The van der Waals surface area contributed by atoms with Crippen molar-refractivity contribution < 1.29 is 9.90 Å². The molecule has 1 atom stereocenters. The van der Waals surface area contributed by atoms with Crippen LogP contribution in [0.3, 0.4) is 0 Å². The van der Waals surface area contributed by atoms with Gasteiger partial charge in [0.2, 0.25) is 0 Å². The molecule has 1 amide bonds. The van der Waals surface area contributed by atoms with Gasteiger partial charge in [0.15, 0.2) is 0 Å². The highest BCUT2D eigenvalue weighted by Gasteiger charge is 2.24. The van der Waals surface area contributed by atoms with Crippen LogP contribution in [0.25, 0.3) is 0 Å². The molecule has 0 saturated heterocycles. The minimum Gasteiger partial charge on any atom is -0.381 e. The third-order valence-corrected chi connectivity index (χ3v) is 2.17. The first-order chi connectivity index (χ1) is 6.38. The van der Waals surface area contributed by atoms with Gasteiger partial charge in [-0.25, -0.2) is 0 Å². The van der Waals surface area contributed by atoms with Crippen LogP contribution in [0.2, 0.25) is 0 Å². The highest BCUT2D eigenvalue weighted by atomic mass is 16.3. The molecule has 0 heterocycles. The van der Waals surface area contributed by atoms with Gasteiger partial charge < -0.3 is 10.4 Å².